The summed E-state index contributed by atoms with van der Waals surface area (Å²) in [6, 6.07) is -0.145. The van der Waals surface area contributed by atoms with E-state index in [4.69, 9.17) is 5.73 Å². The quantitative estimate of drug-likeness (QED) is 0.549. The summed E-state index contributed by atoms with van der Waals surface area (Å²) in [5.41, 5.74) is 7.28. The van der Waals surface area contributed by atoms with Crippen molar-refractivity contribution in [1.29, 1.82) is 0 Å². The summed E-state index contributed by atoms with van der Waals surface area (Å²) < 4.78 is 0. The Morgan fingerprint density at radius 1 is 1.78 bits per heavy atom. The molecule has 1 atom stereocenters. The molecule has 2 N–H and O–H groups in total. The van der Waals surface area contributed by atoms with Gasteiger partial charge in [0.15, 0.2) is 0 Å². The number of hydrogen-bond donors (Lipinski definition) is 1. The monoisotopic (exact) mass is 125 g/mol. The molecule has 1 unspecified atom stereocenters. The van der Waals surface area contributed by atoms with E-state index in [1.54, 1.807) is 18.2 Å². The van der Waals surface area contributed by atoms with Gasteiger partial charge >= 0.3 is 0 Å². The first kappa shape index (κ1) is 8.40. The minimum atomic E-state index is -0.145. The molecule has 0 aromatic rings. The first-order valence-electron chi connectivity index (χ1n) is 2.96. The molecule has 0 heterocycles. The van der Waals surface area contributed by atoms with Crippen molar-refractivity contribution < 1.29 is 0 Å². The minimum Gasteiger partial charge on any atom is -0.318 e. The largest absolute Gasteiger partial charge is 0.318 e. The maximum Gasteiger partial charge on any atom is 0.0520 e. The third-order valence-corrected chi connectivity index (χ3v) is 0.904. The average molecular weight is 125 g/mol. The van der Waals surface area contributed by atoms with E-state index in [1.807, 2.05) is 7.05 Å². The van der Waals surface area contributed by atoms with E-state index in [2.05, 4.69) is 11.9 Å². The van der Waals surface area contributed by atoms with Crippen LogP contribution in [0.2, 0.25) is 0 Å². The van der Waals surface area contributed by atoms with Crippen LogP contribution in [0.5, 0.6) is 0 Å². The second-order valence-electron chi connectivity index (χ2n) is 1.78. The predicted octanol–water partition coefficient (Wildman–Crippen LogP) is 0.600. The number of rotatable bonds is 4. The molecule has 2 nitrogen and oxygen atoms in total. The van der Waals surface area contributed by atoms with Crippen LogP contribution in [0.25, 0.3) is 0 Å². The lowest BCUT2D eigenvalue weighted by atomic mass is 10.3. The maximum atomic E-state index is 7.28. The fraction of sp³-hybridized carbons (Fsp3) is 0.429. The second-order valence-corrected chi connectivity index (χ2v) is 1.78. The van der Waals surface area contributed by atoms with Gasteiger partial charge in [0.1, 0.15) is 0 Å². The Morgan fingerprint density at radius 2 is 2.44 bits per heavy atom. The highest BCUT2D eigenvalue weighted by molar-refractivity contribution is 5.02. The zero-order valence-corrected chi connectivity index (χ0v) is 5.72. The minimum absolute atomic E-state index is 0.145. The van der Waals surface area contributed by atoms with Gasteiger partial charge in [-0.15, -0.1) is 0 Å². The predicted molar refractivity (Wildman–Crippen MR) is 40.1 cm³/mol. The van der Waals surface area contributed by atoms with Crippen molar-refractivity contribution in [3.8, 4) is 0 Å². The lowest BCUT2D eigenvalue weighted by molar-refractivity contribution is 0.698. The summed E-state index contributed by atoms with van der Waals surface area (Å²) in [6.07, 6.45) is 5.26. The number of allylic oxidation sites excluding steroid dienone is 2. The van der Waals surface area contributed by atoms with E-state index >= 15 is 0 Å². The Bertz CT molecular complexity index is 97.1. The molecule has 0 aromatic heterocycles. The van der Waals surface area contributed by atoms with Crippen molar-refractivity contribution in [2.24, 2.45) is 0 Å². The number of likely N-dealkylation sites (N-methyl/N-ethyl adjacent to an activating group) is 1. The Kier molecular flexibility index (Phi) is 5.17. The highest BCUT2D eigenvalue weighted by atomic mass is 14.9. The molecular formula is C7H13N2. The van der Waals surface area contributed by atoms with Gasteiger partial charge in [-0.25, -0.2) is 5.73 Å². The number of nitrogens with one attached hydrogen (secondary N) is 2. The van der Waals surface area contributed by atoms with Crippen molar-refractivity contribution in [2.45, 2.75) is 6.04 Å². The van der Waals surface area contributed by atoms with Gasteiger partial charge in [0.2, 0.25) is 0 Å². The average Bonchev–Trinajstić information content (AvgIpc) is 1.85. The molecule has 51 valence electrons. The molecule has 0 saturated carbocycles. The molecule has 0 amide bonds. The third-order valence-electron chi connectivity index (χ3n) is 0.904. The first-order chi connectivity index (χ1) is 4.31. The van der Waals surface area contributed by atoms with Gasteiger partial charge in [0.05, 0.1) is 6.04 Å². The molecule has 0 bridgehead atoms. The van der Waals surface area contributed by atoms with Gasteiger partial charge in [0, 0.05) is 6.54 Å². The maximum absolute atomic E-state index is 7.28. The molecule has 0 aliphatic rings. The third kappa shape index (κ3) is 5.27. The lowest BCUT2D eigenvalue weighted by Gasteiger charge is -2.00. The highest BCUT2D eigenvalue weighted by Crippen LogP contribution is 1.81. The fourth-order valence-electron chi connectivity index (χ4n) is 0.501. The standard InChI is InChI=1S/C7H13N2/c1-3-4-5-7(8)6-9-2/h3-5,7-9H,1,6H2,2H3/b5-4-. The lowest BCUT2D eigenvalue weighted by Crippen LogP contribution is -2.22. The van der Waals surface area contributed by atoms with Crippen molar-refractivity contribution >= 4 is 0 Å². The van der Waals surface area contributed by atoms with E-state index in [9.17, 15) is 0 Å². The van der Waals surface area contributed by atoms with E-state index in [1.165, 1.54) is 0 Å². The Hall–Kier alpha value is -0.600. The molecule has 1 radical (unpaired) electrons. The SMILES string of the molecule is C=C/C=C\C([NH])CNC. The van der Waals surface area contributed by atoms with Crippen LogP contribution >= 0.6 is 0 Å². The normalized spacial score (nSPS) is 14.0. The van der Waals surface area contributed by atoms with E-state index in [0.717, 1.165) is 0 Å². The molecule has 0 rings (SSSR count). The van der Waals surface area contributed by atoms with Crippen molar-refractivity contribution in [3.63, 3.8) is 0 Å². The summed E-state index contributed by atoms with van der Waals surface area (Å²) in [5.74, 6) is 0. The molecular weight excluding hydrogens is 112 g/mol. The van der Waals surface area contributed by atoms with E-state index in [0.29, 0.717) is 6.54 Å². The van der Waals surface area contributed by atoms with Crippen LogP contribution in [-0.4, -0.2) is 19.6 Å². The van der Waals surface area contributed by atoms with Crippen LogP contribution in [0.15, 0.2) is 24.8 Å². The van der Waals surface area contributed by atoms with Gasteiger partial charge in [-0.05, 0) is 7.05 Å². The summed E-state index contributed by atoms with van der Waals surface area (Å²) in [6.45, 7) is 4.20. The van der Waals surface area contributed by atoms with Gasteiger partial charge in [-0.3, -0.25) is 0 Å². The summed E-state index contributed by atoms with van der Waals surface area (Å²) >= 11 is 0. The molecule has 0 aliphatic heterocycles. The second kappa shape index (κ2) is 5.54. The molecule has 0 saturated heterocycles. The van der Waals surface area contributed by atoms with Crippen LogP contribution in [-0.2, 0) is 0 Å². The first-order valence-corrected chi connectivity index (χ1v) is 2.96. The molecule has 0 spiro atoms. The van der Waals surface area contributed by atoms with Gasteiger partial charge in [-0.1, -0.05) is 24.8 Å². The topological polar surface area (TPSA) is 35.8 Å². The number of hydrogen-bond acceptors (Lipinski definition) is 1. The summed E-state index contributed by atoms with van der Waals surface area (Å²) in [5, 5.41) is 2.90. The highest BCUT2D eigenvalue weighted by Gasteiger charge is 1.91. The van der Waals surface area contributed by atoms with Gasteiger partial charge < -0.3 is 5.32 Å². The molecule has 0 aliphatic carbocycles. The Morgan fingerprint density at radius 3 is 2.89 bits per heavy atom. The summed E-state index contributed by atoms with van der Waals surface area (Å²) in [4.78, 5) is 0. The van der Waals surface area contributed by atoms with Crippen LogP contribution in [0.4, 0.5) is 0 Å². The van der Waals surface area contributed by atoms with Crippen molar-refractivity contribution in [3.05, 3.63) is 24.8 Å². The Labute approximate surface area is 56.4 Å². The van der Waals surface area contributed by atoms with E-state index in [-0.39, 0.29) is 6.04 Å². The van der Waals surface area contributed by atoms with Crippen LogP contribution in [0.1, 0.15) is 0 Å². The molecule has 9 heavy (non-hydrogen) atoms. The van der Waals surface area contributed by atoms with Crippen LogP contribution in [0, 0.1) is 0 Å². The fourth-order valence-corrected chi connectivity index (χ4v) is 0.501. The molecule has 0 fully saturated rings. The van der Waals surface area contributed by atoms with Crippen molar-refractivity contribution in [2.75, 3.05) is 13.6 Å². The van der Waals surface area contributed by atoms with Crippen molar-refractivity contribution in [1.82, 2.24) is 11.1 Å². The van der Waals surface area contributed by atoms with Crippen LogP contribution < -0.4 is 11.1 Å². The van der Waals surface area contributed by atoms with Gasteiger partial charge in [-0.2, -0.15) is 0 Å². The summed E-state index contributed by atoms with van der Waals surface area (Å²) in [7, 11) is 1.84. The molecule has 0 aromatic carbocycles. The smallest absolute Gasteiger partial charge is 0.0520 e. The zero-order valence-electron chi connectivity index (χ0n) is 5.72. The van der Waals surface area contributed by atoms with E-state index < -0.39 is 0 Å². The molecule has 2 heteroatoms. The van der Waals surface area contributed by atoms with Gasteiger partial charge in [0.25, 0.3) is 0 Å². The van der Waals surface area contributed by atoms with Crippen LogP contribution in [0.3, 0.4) is 0 Å². The zero-order chi connectivity index (χ0) is 7.11. The Balaban J connectivity index is 3.35.